The van der Waals surface area contributed by atoms with Gasteiger partial charge in [-0.25, -0.2) is 17.6 Å². The van der Waals surface area contributed by atoms with Crippen LogP contribution in [0.2, 0.25) is 0 Å². The third-order valence-corrected chi connectivity index (χ3v) is 4.44. The zero-order valence-corrected chi connectivity index (χ0v) is 11.1. The van der Waals surface area contributed by atoms with Gasteiger partial charge in [-0.3, -0.25) is 0 Å². The minimum Gasteiger partial charge on any atom is -0.478 e. The molecule has 6 heteroatoms. The lowest BCUT2D eigenvalue weighted by atomic mass is 10.2. The van der Waals surface area contributed by atoms with Gasteiger partial charge < -0.3 is 5.11 Å². The van der Waals surface area contributed by atoms with Crippen LogP contribution in [0.5, 0.6) is 0 Å². The number of hydrogen-bond donors (Lipinski definition) is 1. The van der Waals surface area contributed by atoms with Gasteiger partial charge in [-0.05, 0) is 29.8 Å². The van der Waals surface area contributed by atoms with Crippen LogP contribution in [0.25, 0.3) is 0 Å². The minimum atomic E-state index is -3.85. The summed E-state index contributed by atoms with van der Waals surface area (Å²) in [5.74, 6) is -2.30. The van der Waals surface area contributed by atoms with Crippen molar-refractivity contribution >= 4 is 15.8 Å². The first-order valence-electron chi connectivity index (χ1n) is 5.70. The fraction of sp³-hybridized carbons (Fsp3) is 0.0714. The molecule has 0 aliphatic rings. The number of aromatic carboxylic acids is 1. The van der Waals surface area contributed by atoms with Crippen molar-refractivity contribution in [2.24, 2.45) is 0 Å². The second-order valence-corrected chi connectivity index (χ2v) is 6.15. The third kappa shape index (κ3) is 3.03. The van der Waals surface area contributed by atoms with E-state index in [1.54, 1.807) is 0 Å². The molecular formula is C14H11FO4S. The number of hydrogen-bond acceptors (Lipinski definition) is 3. The zero-order chi connectivity index (χ0) is 14.8. The topological polar surface area (TPSA) is 71.4 Å². The SMILES string of the molecule is O=C(O)c1ccccc1S(=O)(=O)Cc1cccc(F)c1. The molecule has 2 aromatic carbocycles. The normalized spacial score (nSPS) is 11.2. The Kier molecular flexibility index (Phi) is 3.85. The first-order chi connectivity index (χ1) is 9.40. The lowest BCUT2D eigenvalue weighted by molar-refractivity contribution is 0.0692. The summed E-state index contributed by atoms with van der Waals surface area (Å²) >= 11 is 0. The highest BCUT2D eigenvalue weighted by Gasteiger charge is 2.22. The highest BCUT2D eigenvalue weighted by atomic mass is 32.2. The second kappa shape index (κ2) is 5.42. The first-order valence-corrected chi connectivity index (χ1v) is 7.35. The van der Waals surface area contributed by atoms with E-state index in [0.717, 1.165) is 6.07 Å². The van der Waals surface area contributed by atoms with Crippen molar-refractivity contribution in [1.29, 1.82) is 0 Å². The Morgan fingerprint density at radius 3 is 2.45 bits per heavy atom. The molecule has 2 aromatic rings. The molecule has 104 valence electrons. The van der Waals surface area contributed by atoms with Crippen molar-refractivity contribution in [2.75, 3.05) is 0 Å². The first kappa shape index (κ1) is 14.2. The molecule has 0 atom stereocenters. The number of carbonyl (C=O) groups is 1. The number of carboxylic acid groups (broad SMARTS) is 1. The van der Waals surface area contributed by atoms with Gasteiger partial charge in [0, 0.05) is 0 Å². The van der Waals surface area contributed by atoms with Crippen molar-refractivity contribution in [3.8, 4) is 0 Å². The summed E-state index contributed by atoms with van der Waals surface area (Å²) in [6.45, 7) is 0. The number of halogens is 1. The van der Waals surface area contributed by atoms with Gasteiger partial charge in [-0.1, -0.05) is 24.3 Å². The maximum Gasteiger partial charge on any atom is 0.337 e. The molecule has 0 bridgehead atoms. The van der Waals surface area contributed by atoms with E-state index in [1.807, 2.05) is 0 Å². The Labute approximate surface area is 115 Å². The van der Waals surface area contributed by atoms with E-state index in [2.05, 4.69) is 0 Å². The van der Waals surface area contributed by atoms with Gasteiger partial charge >= 0.3 is 5.97 Å². The lowest BCUT2D eigenvalue weighted by Crippen LogP contribution is -2.11. The van der Waals surface area contributed by atoms with Crippen LogP contribution >= 0.6 is 0 Å². The van der Waals surface area contributed by atoms with Crippen LogP contribution in [-0.2, 0) is 15.6 Å². The molecule has 0 aliphatic heterocycles. The fourth-order valence-electron chi connectivity index (χ4n) is 1.84. The molecule has 0 amide bonds. The van der Waals surface area contributed by atoms with Crippen LogP contribution in [0, 0.1) is 5.82 Å². The number of carboxylic acids is 1. The summed E-state index contributed by atoms with van der Waals surface area (Å²) in [5, 5.41) is 9.01. The van der Waals surface area contributed by atoms with Crippen LogP contribution in [0.15, 0.2) is 53.4 Å². The van der Waals surface area contributed by atoms with E-state index in [1.165, 1.54) is 42.5 Å². The second-order valence-electron chi connectivity index (χ2n) is 4.19. The van der Waals surface area contributed by atoms with Gasteiger partial charge in [0.1, 0.15) is 5.82 Å². The molecule has 2 rings (SSSR count). The predicted molar refractivity (Wildman–Crippen MR) is 70.7 cm³/mol. The predicted octanol–water partition coefficient (Wildman–Crippen LogP) is 2.50. The third-order valence-electron chi connectivity index (χ3n) is 2.70. The number of sulfone groups is 1. The largest absolute Gasteiger partial charge is 0.478 e. The molecule has 1 N–H and O–H groups in total. The van der Waals surface area contributed by atoms with E-state index < -0.39 is 27.4 Å². The van der Waals surface area contributed by atoms with E-state index in [-0.39, 0.29) is 16.0 Å². The van der Waals surface area contributed by atoms with Gasteiger partial charge in [-0.2, -0.15) is 0 Å². The molecule has 0 radical (unpaired) electrons. The lowest BCUT2D eigenvalue weighted by Gasteiger charge is -2.07. The van der Waals surface area contributed by atoms with Gasteiger partial charge in [-0.15, -0.1) is 0 Å². The summed E-state index contributed by atoms with van der Waals surface area (Å²) in [7, 11) is -3.85. The van der Waals surface area contributed by atoms with Crippen LogP contribution in [-0.4, -0.2) is 19.5 Å². The van der Waals surface area contributed by atoms with Crippen molar-refractivity contribution < 1.29 is 22.7 Å². The Morgan fingerprint density at radius 1 is 1.10 bits per heavy atom. The van der Waals surface area contributed by atoms with E-state index in [4.69, 9.17) is 5.11 Å². The molecule has 0 unspecified atom stereocenters. The number of benzene rings is 2. The van der Waals surface area contributed by atoms with Gasteiger partial charge in [0.15, 0.2) is 9.84 Å². The Hall–Kier alpha value is -2.21. The van der Waals surface area contributed by atoms with Crippen molar-refractivity contribution in [3.63, 3.8) is 0 Å². The van der Waals surface area contributed by atoms with Gasteiger partial charge in [0.05, 0.1) is 16.2 Å². The molecular weight excluding hydrogens is 283 g/mol. The van der Waals surface area contributed by atoms with Crippen LogP contribution in [0.3, 0.4) is 0 Å². The Balaban J connectivity index is 2.44. The monoisotopic (exact) mass is 294 g/mol. The van der Waals surface area contributed by atoms with Crippen molar-refractivity contribution in [2.45, 2.75) is 10.6 Å². The average molecular weight is 294 g/mol. The minimum absolute atomic E-state index is 0.267. The van der Waals surface area contributed by atoms with E-state index in [0.29, 0.717) is 0 Å². The van der Waals surface area contributed by atoms with Crippen LogP contribution in [0.4, 0.5) is 4.39 Å². The molecule has 0 spiro atoms. The molecule has 0 fully saturated rings. The molecule has 0 saturated carbocycles. The highest BCUT2D eigenvalue weighted by Crippen LogP contribution is 2.21. The van der Waals surface area contributed by atoms with E-state index in [9.17, 15) is 17.6 Å². The maximum absolute atomic E-state index is 13.1. The summed E-state index contributed by atoms with van der Waals surface area (Å²) in [4.78, 5) is 10.8. The van der Waals surface area contributed by atoms with E-state index >= 15 is 0 Å². The fourth-order valence-corrected chi connectivity index (χ4v) is 3.39. The van der Waals surface area contributed by atoms with Gasteiger partial charge in [0.2, 0.25) is 0 Å². The molecule has 0 saturated heterocycles. The highest BCUT2D eigenvalue weighted by molar-refractivity contribution is 7.90. The van der Waals surface area contributed by atoms with Crippen molar-refractivity contribution in [3.05, 3.63) is 65.5 Å². The standard InChI is InChI=1S/C14H11FO4S/c15-11-5-3-4-10(8-11)9-20(18,19)13-7-2-1-6-12(13)14(16)17/h1-8H,9H2,(H,16,17). The average Bonchev–Trinajstić information content (AvgIpc) is 2.38. The smallest absolute Gasteiger partial charge is 0.337 e. The van der Waals surface area contributed by atoms with Crippen LogP contribution < -0.4 is 0 Å². The van der Waals surface area contributed by atoms with Gasteiger partial charge in [0.25, 0.3) is 0 Å². The summed E-state index contributed by atoms with van der Waals surface area (Å²) < 4.78 is 37.6. The molecule has 4 nitrogen and oxygen atoms in total. The summed E-state index contributed by atoms with van der Waals surface area (Å²) in [6.07, 6.45) is 0. The summed E-state index contributed by atoms with van der Waals surface area (Å²) in [5.41, 5.74) is -0.0194. The number of rotatable bonds is 4. The zero-order valence-electron chi connectivity index (χ0n) is 10.3. The molecule has 0 aliphatic carbocycles. The molecule has 20 heavy (non-hydrogen) atoms. The Morgan fingerprint density at radius 2 is 1.80 bits per heavy atom. The van der Waals surface area contributed by atoms with Crippen LogP contribution in [0.1, 0.15) is 15.9 Å². The Bertz CT molecular complexity index is 753. The maximum atomic E-state index is 13.1. The summed E-state index contributed by atoms with van der Waals surface area (Å²) in [6, 6.07) is 10.6. The molecule has 0 aromatic heterocycles. The molecule has 0 heterocycles. The van der Waals surface area contributed by atoms with Crippen molar-refractivity contribution in [1.82, 2.24) is 0 Å². The quantitative estimate of drug-likeness (QED) is 0.940.